The summed E-state index contributed by atoms with van der Waals surface area (Å²) < 4.78 is 1.74. The van der Waals surface area contributed by atoms with Gasteiger partial charge in [-0.1, -0.05) is 80.6 Å². The van der Waals surface area contributed by atoms with Crippen molar-refractivity contribution in [2.45, 2.75) is 38.6 Å². The molecule has 0 aliphatic carbocycles. The van der Waals surface area contributed by atoms with E-state index < -0.39 is 0 Å². The minimum Gasteiger partial charge on any atom is -0.330 e. The number of likely N-dealkylation sites (tertiary alicyclic amines) is 1. The highest BCUT2D eigenvalue weighted by Gasteiger charge is 2.39. The third-order valence-electron chi connectivity index (χ3n) is 6.96. The van der Waals surface area contributed by atoms with Gasteiger partial charge in [0.2, 0.25) is 0 Å². The van der Waals surface area contributed by atoms with Crippen molar-refractivity contribution in [2.24, 2.45) is 0 Å². The fourth-order valence-corrected chi connectivity index (χ4v) is 5.26. The molecule has 1 fully saturated rings. The molecule has 1 aliphatic heterocycles. The Morgan fingerprint density at radius 3 is 2.20 bits per heavy atom. The maximum atomic E-state index is 12.6. The van der Waals surface area contributed by atoms with Crippen LogP contribution < -0.4 is 0 Å². The van der Waals surface area contributed by atoms with Crippen molar-refractivity contribution >= 4 is 16.9 Å². The lowest BCUT2D eigenvalue weighted by Gasteiger charge is -2.31. The molecular formula is C31H37N3O. The van der Waals surface area contributed by atoms with Crippen molar-refractivity contribution in [1.29, 1.82) is 0 Å². The lowest BCUT2D eigenvalue weighted by atomic mass is 9.74. The van der Waals surface area contributed by atoms with E-state index in [0.29, 0.717) is 0 Å². The quantitative estimate of drug-likeness (QED) is 0.331. The summed E-state index contributed by atoms with van der Waals surface area (Å²) in [5, 5.41) is 1.12. The molecule has 4 aromatic rings. The minimum absolute atomic E-state index is 0.0216. The highest BCUT2D eigenvalue weighted by Crippen LogP contribution is 2.39. The molecule has 0 N–H and O–H groups in total. The van der Waals surface area contributed by atoms with Gasteiger partial charge in [-0.2, -0.15) is 0 Å². The van der Waals surface area contributed by atoms with E-state index in [4.69, 9.17) is 0 Å². The van der Waals surface area contributed by atoms with Crippen molar-refractivity contribution in [3.05, 3.63) is 108 Å². The van der Waals surface area contributed by atoms with Crippen molar-refractivity contribution < 1.29 is 4.79 Å². The van der Waals surface area contributed by atoms with Crippen molar-refractivity contribution in [3.8, 4) is 0 Å². The molecule has 2 heterocycles. The number of amides is 1. The van der Waals surface area contributed by atoms with Gasteiger partial charge in [0.15, 0.2) is 0 Å². The van der Waals surface area contributed by atoms with Crippen molar-refractivity contribution in [2.75, 3.05) is 27.2 Å². The summed E-state index contributed by atoms with van der Waals surface area (Å²) in [6, 6.07) is 30.3. The SMILES string of the molecule is CC.CN(C)C(=O)n1ccc2cc(C3(Cc4ccccc4)CCN(Cc4ccccc4)C3)ccc21. The van der Waals surface area contributed by atoms with E-state index in [9.17, 15) is 4.79 Å². The van der Waals surface area contributed by atoms with Crippen LogP contribution in [0.25, 0.3) is 10.9 Å². The molecular weight excluding hydrogens is 430 g/mol. The summed E-state index contributed by atoms with van der Waals surface area (Å²) in [5.41, 5.74) is 5.12. The van der Waals surface area contributed by atoms with E-state index in [2.05, 4.69) is 89.8 Å². The Bertz CT molecular complexity index is 1250. The molecule has 1 aromatic heterocycles. The van der Waals surface area contributed by atoms with Crippen LogP contribution in [0.4, 0.5) is 4.79 Å². The van der Waals surface area contributed by atoms with Crippen LogP contribution in [0.1, 0.15) is 37.0 Å². The average molecular weight is 468 g/mol. The number of aromatic nitrogens is 1. The van der Waals surface area contributed by atoms with Gasteiger partial charge >= 0.3 is 6.03 Å². The molecule has 35 heavy (non-hydrogen) atoms. The van der Waals surface area contributed by atoms with Gasteiger partial charge < -0.3 is 4.90 Å². The number of hydrogen-bond donors (Lipinski definition) is 0. The Balaban J connectivity index is 0.00000141. The van der Waals surface area contributed by atoms with Gasteiger partial charge in [0, 0.05) is 44.2 Å². The van der Waals surface area contributed by atoms with Gasteiger partial charge in [0.1, 0.15) is 0 Å². The summed E-state index contributed by atoms with van der Waals surface area (Å²) in [6.45, 7) is 7.09. The second kappa shape index (κ2) is 10.9. The third kappa shape index (κ3) is 5.33. The second-order valence-corrected chi connectivity index (χ2v) is 9.53. The van der Waals surface area contributed by atoms with Crippen LogP contribution in [0.3, 0.4) is 0 Å². The zero-order chi connectivity index (χ0) is 24.8. The van der Waals surface area contributed by atoms with Gasteiger partial charge in [0.05, 0.1) is 5.52 Å². The molecule has 1 aliphatic rings. The molecule has 1 atom stereocenters. The summed E-state index contributed by atoms with van der Waals surface area (Å²) in [4.78, 5) is 16.8. The predicted molar refractivity (Wildman–Crippen MR) is 146 cm³/mol. The molecule has 0 spiro atoms. The number of fused-ring (bicyclic) bond motifs is 1. The monoisotopic (exact) mass is 467 g/mol. The standard InChI is InChI=1S/C29H31N3O.C2H6/c1-30(2)28(33)32-17-15-25-19-26(13-14-27(25)32)29(20-23-9-5-3-6-10-23)16-18-31(22-29)21-24-11-7-4-8-12-24;1-2/h3-15,17,19H,16,18,20-22H2,1-2H3;1-2H3. The Hall–Kier alpha value is -3.37. The van der Waals surface area contributed by atoms with Crippen LogP contribution in [0.2, 0.25) is 0 Å². The Morgan fingerprint density at radius 1 is 0.886 bits per heavy atom. The number of carbonyl (C=O) groups excluding carboxylic acids is 1. The first-order valence-electron chi connectivity index (χ1n) is 12.7. The lowest BCUT2D eigenvalue weighted by Crippen LogP contribution is -2.33. The molecule has 0 saturated carbocycles. The zero-order valence-corrected chi connectivity index (χ0v) is 21.4. The highest BCUT2D eigenvalue weighted by atomic mass is 16.2. The van der Waals surface area contributed by atoms with Crippen LogP contribution in [0.15, 0.2) is 91.1 Å². The molecule has 3 aromatic carbocycles. The maximum Gasteiger partial charge on any atom is 0.328 e. The van der Waals surface area contributed by atoms with Gasteiger partial charge in [-0.25, -0.2) is 4.79 Å². The second-order valence-electron chi connectivity index (χ2n) is 9.53. The average Bonchev–Trinajstić information content (AvgIpc) is 3.50. The molecule has 1 saturated heterocycles. The highest BCUT2D eigenvalue weighted by molar-refractivity contribution is 5.91. The van der Waals surface area contributed by atoms with E-state index in [1.54, 1.807) is 23.6 Å². The molecule has 4 heteroatoms. The molecule has 5 rings (SSSR count). The molecule has 1 amide bonds. The molecule has 4 nitrogen and oxygen atoms in total. The normalized spacial score (nSPS) is 17.7. The molecule has 0 radical (unpaired) electrons. The van der Waals surface area contributed by atoms with E-state index >= 15 is 0 Å². The molecule has 0 bridgehead atoms. The Labute approximate surface area is 209 Å². The zero-order valence-electron chi connectivity index (χ0n) is 21.4. The van der Waals surface area contributed by atoms with E-state index in [1.165, 1.54) is 16.7 Å². The summed E-state index contributed by atoms with van der Waals surface area (Å²) >= 11 is 0. The van der Waals surface area contributed by atoms with Gasteiger partial charge in [0.25, 0.3) is 0 Å². The van der Waals surface area contributed by atoms with Gasteiger partial charge in [-0.05, 0) is 54.3 Å². The third-order valence-corrected chi connectivity index (χ3v) is 6.96. The topological polar surface area (TPSA) is 28.5 Å². The molecule has 1 unspecified atom stereocenters. The first-order valence-corrected chi connectivity index (χ1v) is 12.7. The van der Waals surface area contributed by atoms with Crippen LogP contribution in [0.5, 0.6) is 0 Å². The maximum absolute atomic E-state index is 12.6. The Morgan fingerprint density at radius 2 is 1.54 bits per heavy atom. The smallest absolute Gasteiger partial charge is 0.328 e. The van der Waals surface area contributed by atoms with E-state index in [-0.39, 0.29) is 11.4 Å². The van der Waals surface area contributed by atoms with Crippen LogP contribution in [-0.4, -0.2) is 47.6 Å². The molecule has 182 valence electrons. The fourth-order valence-electron chi connectivity index (χ4n) is 5.26. The number of carbonyl (C=O) groups is 1. The number of rotatable bonds is 5. The number of hydrogen-bond acceptors (Lipinski definition) is 2. The number of nitrogens with zero attached hydrogens (tertiary/aromatic N) is 3. The minimum atomic E-state index is -0.0216. The van der Waals surface area contributed by atoms with Crippen LogP contribution in [0, 0.1) is 0 Å². The van der Waals surface area contributed by atoms with Crippen LogP contribution in [-0.2, 0) is 18.4 Å². The van der Waals surface area contributed by atoms with Crippen LogP contribution >= 0.6 is 0 Å². The largest absolute Gasteiger partial charge is 0.330 e. The first kappa shape index (κ1) is 24.7. The fraction of sp³-hybridized carbons (Fsp3) is 0.323. The summed E-state index contributed by atoms with van der Waals surface area (Å²) in [5.74, 6) is 0. The lowest BCUT2D eigenvalue weighted by molar-refractivity contribution is 0.220. The summed E-state index contributed by atoms with van der Waals surface area (Å²) in [6.07, 6.45) is 4.02. The van der Waals surface area contributed by atoms with Crippen molar-refractivity contribution in [3.63, 3.8) is 0 Å². The van der Waals surface area contributed by atoms with E-state index in [1.807, 2.05) is 20.0 Å². The number of benzene rings is 3. The summed E-state index contributed by atoms with van der Waals surface area (Å²) in [7, 11) is 3.58. The predicted octanol–water partition coefficient (Wildman–Crippen LogP) is 6.58. The van der Waals surface area contributed by atoms with Crippen molar-refractivity contribution in [1.82, 2.24) is 14.4 Å². The van der Waals surface area contributed by atoms with Gasteiger partial charge in [-0.15, -0.1) is 0 Å². The Kier molecular flexibility index (Phi) is 7.72. The van der Waals surface area contributed by atoms with E-state index in [0.717, 1.165) is 43.4 Å². The van der Waals surface area contributed by atoms with Gasteiger partial charge in [-0.3, -0.25) is 9.47 Å². The first-order chi connectivity index (χ1) is 17.0.